The Morgan fingerprint density at radius 3 is 2.26 bits per heavy atom. The number of rotatable bonds is 7. The van der Waals surface area contributed by atoms with Crippen LogP contribution in [0.3, 0.4) is 0 Å². The number of unbranched alkanes of at least 4 members (excludes halogenated alkanes) is 3. The van der Waals surface area contributed by atoms with Gasteiger partial charge in [0, 0.05) is 11.0 Å². The first-order valence-corrected chi connectivity index (χ1v) is 9.06. The lowest BCUT2D eigenvalue weighted by atomic mass is 10.2. The average Bonchev–Trinajstić information content (AvgIpc) is 2.26. The van der Waals surface area contributed by atoms with Gasteiger partial charge in [0.1, 0.15) is 4.90 Å². The molecule has 1 rings (SSSR count). The SMILES string of the molecule is CCCCCCNS(=O)(=O)c1c(Cl)cc(Br)cc1Cl. The topological polar surface area (TPSA) is 46.2 Å². The molecule has 1 aromatic carbocycles. The molecule has 7 heteroatoms. The second-order valence-corrected chi connectivity index (χ2v) is 7.59. The Balaban J connectivity index is 2.78. The molecule has 0 saturated carbocycles. The first-order valence-electron chi connectivity index (χ1n) is 6.02. The number of hydrogen-bond donors (Lipinski definition) is 1. The average molecular weight is 389 g/mol. The molecule has 1 N–H and O–H groups in total. The van der Waals surface area contributed by atoms with Gasteiger partial charge in [-0.3, -0.25) is 0 Å². The number of sulfonamides is 1. The smallest absolute Gasteiger partial charge is 0.211 e. The van der Waals surface area contributed by atoms with Gasteiger partial charge in [-0.05, 0) is 18.6 Å². The van der Waals surface area contributed by atoms with E-state index in [2.05, 4.69) is 27.6 Å². The number of nitrogens with one attached hydrogen (secondary N) is 1. The molecular formula is C12H16BrCl2NO2S. The summed E-state index contributed by atoms with van der Waals surface area (Å²) in [5, 5.41) is 0.223. The maximum absolute atomic E-state index is 12.1. The van der Waals surface area contributed by atoms with Crippen LogP contribution in [0.2, 0.25) is 10.0 Å². The summed E-state index contributed by atoms with van der Waals surface area (Å²) in [6.07, 6.45) is 4.01. The van der Waals surface area contributed by atoms with Crippen LogP contribution in [0.4, 0.5) is 0 Å². The first kappa shape index (κ1) is 17.2. The van der Waals surface area contributed by atoms with Crippen LogP contribution >= 0.6 is 39.1 Å². The van der Waals surface area contributed by atoms with Crippen molar-refractivity contribution in [2.75, 3.05) is 6.54 Å². The van der Waals surface area contributed by atoms with Crippen molar-refractivity contribution in [1.82, 2.24) is 4.72 Å². The van der Waals surface area contributed by atoms with Gasteiger partial charge in [0.05, 0.1) is 10.0 Å². The Labute approximate surface area is 132 Å². The Morgan fingerprint density at radius 2 is 1.74 bits per heavy atom. The number of halogens is 3. The van der Waals surface area contributed by atoms with E-state index in [1.54, 1.807) is 0 Å². The number of hydrogen-bond acceptors (Lipinski definition) is 2. The van der Waals surface area contributed by atoms with Crippen molar-refractivity contribution < 1.29 is 8.42 Å². The normalized spacial score (nSPS) is 11.8. The fraction of sp³-hybridized carbons (Fsp3) is 0.500. The molecule has 0 atom stereocenters. The second-order valence-electron chi connectivity index (χ2n) is 4.16. The van der Waals surface area contributed by atoms with E-state index in [9.17, 15) is 8.42 Å². The highest BCUT2D eigenvalue weighted by Crippen LogP contribution is 2.32. The molecule has 0 aliphatic rings. The third-order valence-electron chi connectivity index (χ3n) is 2.55. The van der Waals surface area contributed by atoms with Crippen LogP contribution in [-0.4, -0.2) is 15.0 Å². The molecule has 0 saturated heterocycles. The molecule has 0 fully saturated rings. The van der Waals surface area contributed by atoms with Crippen LogP contribution in [-0.2, 0) is 10.0 Å². The zero-order valence-corrected chi connectivity index (χ0v) is 14.5. The van der Waals surface area contributed by atoms with Crippen LogP contribution in [0.5, 0.6) is 0 Å². The maximum atomic E-state index is 12.1. The van der Waals surface area contributed by atoms with E-state index in [0.717, 1.165) is 25.7 Å². The summed E-state index contributed by atoms with van der Waals surface area (Å²) in [7, 11) is -3.66. The predicted octanol–water partition coefficient (Wildman–Crippen LogP) is 4.61. The van der Waals surface area contributed by atoms with E-state index in [4.69, 9.17) is 23.2 Å². The summed E-state index contributed by atoms with van der Waals surface area (Å²) < 4.78 is 27.4. The lowest BCUT2D eigenvalue weighted by molar-refractivity contribution is 0.574. The van der Waals surface area contributed by atoms with Gasteiger partial charge in [0.25, 0.3) is 0 Å². The second kappa shape index (κ2) is 7.84. The molecule has 0 amide bonds. The monoisotopic (exact) mass is 387 g/mol. The van der Waals surface area contributed by atoms with Gasteiger partial charge in [-0.2, -0.15) is 0 Å². The van der Waals surface area contributed by atoms with Crippen molar-refractivity contribution >= 4 is 49.2 Å². The van der Waals surface area contributed by atoms with E-state index >= 15 is 0 Å². The first-order chi connectivity index (χ1) is 8.88. The summed E-state index contributed by atoms with van der Waals surface area (Å²) in [4.78, 5) is -0.0606. The van der Waals surface area contributed by atoms with Crippen molar-refractivity contribution in [2.45, 2.75) is 37.5 Å². The molecule has 0 spiro atoms. The van der Waals surface area contributed by atoms with E-state index in [1.807, 2.05) is 0 Å². The lowest BCUT2D eigenvalue weighted by Gasteiger charge is -2.10. The minimum Gasteiger partial charge on any atom is -0.211 e. The molecule has 0 radical (unpaired) electrons. The largest absolute Gasteiger partial charge is 0.243 e. The van der Waals surface area contributed by atoms with Crippen LogP contribution in [0.15, 0.2) is 21.5 Å². The van der Waals surface area contributed by atoms with Crippen LogP contribution in [0, 0.1) is 0 Å². The van der Waals surface area contributed by atoms with Gasteiger partial charge < -0.3 is 0 Å². The van der Waals surface area contributed by atoms with Crippen LogP contribution < -0.4 is 4.72 Å². The zero-order chi connectivity index (χ0) is 14.5. The highest BCUT2D eigenvalue weighted by Gasteiger charge is 2.21. The van der Waals surface area contributed by atoms with Crippen molar-refractivity contribution in [3.8, 4) is 0 Å². The van der Waals surface area contributed by atoms with Crippen molar-refractivity contribution in [1.29, 1.82) is 0 Å². The minimum absolute atomic E-state index is 0.0606. The Hall–Kier alpha value is 0.190. The minimum atomic E-state index is -3.66. The van der Waals surface area contributed by atoms with Gasteiger partial charge >= 0.3 is 0 Å². The Morgan fingerprint density at radius 1 is 1.16 bits per heavy atom. The third-order valence-corrected chi connectivity index (χ3v) is 5.39. The van der Waals surface area contributed by atoms with E-state index < -0.39 is 10.0 Å². The molecule has 3 nitrogen and oxygen atoms in total. The van der Waals surface area contributed by atoms with E-state index in [0.29, 0.717) is 11.0 Å². The molecule has 0 unspecified atom stereocenters. The fourth-order valence-electron chi connectivity index (χ4n) is 1.62. The Kier molecular flexibility index (Phi) is 7.11. The summed E-state index contributed by atoms with van der Waals surface area (Å²) in [5.74, 6) is 0. The van der Waals surface area contributed by atoms with Crippen molar-refractivity contribution in [3.63, 3.8) is 0 Å². The molecule has 19 heavy (non-hydrogen) atoms. The van der Waals surface area contributed by atoms with Gasteiger partial charge in [-0.25, -0.2) is 13.1 Å². The third kappa shape index (κ3) is 5.23. The summed E-state index contributed by atoms with van der Waals surface area (Å²) in [6, 6.07) is 3.03. The van der Waals surface area contributed by atoms with Crippen LogP contribution in [0.1, 0.15) is 32.6 Å². The van der Waals surface area contributed by atoms with Gasteiger partial charge in [-0.15, -0.1) is 0 Å². The molecule has 108 valence electrons. The molecule has 1 aromatic rings. The zero-order valence-electron chi connectivity index (χ0n) is 10.5. The molecule has 0 aliphatic heterocycles. The summed E-state index contributed by atoms with van der Waals surface area (Å²) in [6.45, 7) is 2.50. The molecular weight excluding hydrogens is 373 g/mol. The van der Waals surface area contributed by atoms with Gasteiger partial charge in [-0.1, -0.05) is 65.3 Å². The molecule has 0 bridgehead atoms. The number of benzene rings is 1. The van der Waals surface area contributed by atoms with E-state index in [-0.39, 0.29) is 14.9 Å². The quantitative estimate of drug-likeness (QED) is 0.693. The molecule has 0 aromatic heterocycles. The standard InChI is InChI=1S/C12H16BrCl2NO2S/c1-2-3-4-5-6-16-19(17,18)12-10(14)7-9(13)8-11(12)15/h7-8,16H,2-6H2,1H3. The highest BCUT2D eigenvalue weighted by atomic mass is 79.9. The van der Waals surface area contributed by atoms with Crippen molar-refractivity contribution in [3.05, 3.63) is 26.7 Å². The predicted molar refractivity (Wildman–Crippen MR) is 83.5 cm³/mol. The van der Waals surface area contributed by atoms with Gasteiger partial charge in [0.15, 0.2) is 0 Å². The fourth-order valence-corrected chi connectivity index (χ4v) is 4.62. The van der Waals surface area contributed by atoms with Crippen LogP contribution in [0.25, 0.3) is 0 Å². The summed E-state index contributed by atoms with van der Waals surface area (Å²) >= 11 is 15.1. The maximum Gasteiger partial charge on any atom is 0.243 e. The van der Waals surface area contributed by atoms with Gasteiger partial charge in [0.2, 0.25) is 10.0 Å². The molecule has 0 aliphatic carbocycles. The molecule has 0 heterocycles. The Bertz CT molecular complexity index is 512. The van der Waals surface area contributed by atoms with E-state index in [1.165, 1.54) is 12.1 Å². The van der Waals surface area contributed by atoms with Crippen molar-refractivity contribution in [2.24, 2.45) is 0 Å². The highest BCUT2D eigenvalue weighted by molar-refractivity contribution is 9.10. The lowest BCUT2D eigenvalue weighted by Crippen LogP contribution is -2.25. The summed E-state index contributed by atoms with van der Waals surface area (Å²) in [5.41, 5.74) is 0.